The summed E-state index contributed by atoms with van der Waals surface area (Å²) in [5.74, 6) is -0.244. The number of hydrogen-bond donors (Lipinski definition) is 1. The molecule has 1 unspecified atom stereocenters. The van der Waals surface area contributed by atoms with Crippen molar-refractivity contribution in [3.63, 3.8) is 0 Å². The molecule has 1 aromatic carbocycles. The first-order chi connectivity index (χ1) is 10.6. The number of carbonyl (C=O) groups is 2. The van der Waals surface area contributed by atoms with Crippen molar-refractivity contribution in [1.82, 2.24) is 19.8 Å². The van der Waals surface area contributed by atoms with Crippen molar-refractivity contribution in [2.24, 2.45) is 0 Å². The van der Waals surface area contributed by atoms with Gasteiger partial charge in [-0.2, -0.15) is 0 Å². The number of halogens is 1. The van der Waals surface area contributed by atoms with Crippen molar-refractivity contribution in [2.45, 2.75) is 24.9 Å². The van der Waals surface area contributed by atoms with Crippen LogP contribution < -0.4 is 5.32 Å². The van der Waals surface area contributed by atoms with E-state index in [-0.39, 0.29) is 12.5 Å². The summed E-state index contributed by atoms with van der Waals surface area (Å²) in [4.78, 5) is 26.4. The number of nitrogens with zero attached hydrogens (tertiary/aromatic N) is 3. The lowest BCUT2D eigenvalue weighted by atomic mass is 9.92. The molecule has 1 saturated heterocycles. The van der Waals surface area contributed by atoms with Crippen LogP contribution in [-0.4, -0.2) is 26.4 Å². The van der Waals surface area contributed by atoms with Crippen LogP contribution in [0.3, 0.4) is 0 Å². The fourth-order valence-electron chi connectivity index (χ4n) is 3.17. The van der Waals surface area contributed by atoms with Crippen molar-refractivity contribution in [3.8, 4) is 0 Å². The number of aryl methyl sites for hydroxylation is 1. The lowest BCUT2D eigenvalue weighted by Crippen LogP contribution is -2.41. The van der Waals surface area contributed by atoms with Crippen LogP contribution in [0.2, 0.25) is 4.34 Å². The predicted octanol–water partition coefficient (Wildman–Crippen LogP) is 2.08. The van der Waals surface area contributed by atoms with Gasteiger partial charge in [-0.1, -0.05) is 40.4 Å². The topological polar surface area (TPSA) is 75.2 Å². The molecule has 1 fully saturated rings. The Kier molecular flexibility index (Phi) is 2.95. The van der Waals surface area contributed by atoms with Gasteiger partial charge >= 0.3 is 6.03 Å². The van der Waals surface area contributed by atoms with Crippen LogP contribution in [0.25, 0.3) is 0 Å². The molecule has 2 aliphatic rings. The van der Waals surface area contributed by atoms with Gasteiger partial charge < -0.3 is 5.32 Å². The van der Waals surface area contributed by atoms with Gasteiger partial charge in [-0.25, -0.2) is 4.79 Å². The monoisotopic (exact) mass is 334 g/mol. The zero-order chi connectivity index (χ0) is 15.3. The zero-order valence-electron chi connectivity index (χ0n) is 11.4. The summed E-state index contributed by atoms with van der Waals surface area (Å²) in [5, 5.41) is 6.74. The third kappa shape index (κ3) is 1.79. The van der Waals surface area contributed by atoms with E-state index in [2.05, 4.69) is 14.9 Å². The van der Waals surface area contributed by atoms with Gasteiger partial charge in [-0.3, -0.25) is 9.69 Å². The second-order valence-electron chi connectivity index (χ2n) is 5.38. The number of amides is 3. The fourth-order valence-corrected chi connectivity index (χ4v) is 3.79. The number of benzene rings is 1. The van der Waals surface area contributed by atoms with E-state index in [1.54, 1.807) is 0 Å². The van der Waals surface area contributed by atoms with Crippen molar-refractivity contribution >= 4 is 35.1 Å². The molecule has 0 bridgehead atoms. The molecular formula is C14H11ClN4O2S. The Morgan fingerprint density at radius 1 is 1.36 bits per heavy atom. The number of fused-ring (bicyclic) bond motifs is 2. The van der Waals surface area contributed by atoms with Crippen LogP contribution in [0, 0.1) is 0 Å². The van der Waals surface area contributed by atoms with E-state index >= 15 is 0 Å². The number of rotatable bonds is 2. The van der Waals surface area contributed by atoms with E-state index < -0.39 is 11.6 Å². The Labute approximate surface area is 135 Å². The smallest absolute Gasteiger partial charge is 0.319 e. The quantitative estimate of drug-likeness (QED) is 0.853. The zero-order valence-corrected chi connectivity index (χ0v) is 12.9. The molecule has 3 amide bonds. The van der Waals surface area contributed by atoms with Gasteiger partial charge in [-0.15, -0.1) is 5.10 Å². The number of aromatic nitrogens is 2. The average molecular weight is 335 g/mol. The van der Waals surface area contributed by atoms with Crippen molar-refractivity contribution in [3.05, 3.63) is 45.4 Å². The Hall–Kier alpha value is -1.99. The lowest BCUT2D eigenvalue weighted by molar-refractivity contribution is -0.132. The first kappa shape index (κ1) is 13.7. The molecular weight excluding hydrogens is 324 g/mol. The standard InChI is InChI=1S/C14H11ClN4O2S/c15-11-10(17-18-22-11)7-19-12(20)14(16-13(19)21)6-5-8-3-1-2-4-9(8)14/h1-4H,5-7H2,(H,16,21). The first-order valence-corrected chi connectivity index (χ1v) is 7.96. The molecule has 1 spiro atoms. The minimum atomic E-state index is -0.941. The summed E-state index contributed by atoms with van der Waals surface area (Å²) >= 11 is 7.01. The van der Waals surface area contributed by atoms with Gasteiger partial charge in [0.25, 0.3) is 5.91 Å². The highest BCUT2D eigenvalue weighted by molar-refractivity contribution is 7.10. The fraction of sp³-hybridized carbons (Fsp3) is 0.286. The molecule has 0 radical (unpaired) electrons. The number of nitrogens with one attached hydrogen (secondary N) is 1. The minimum Gasteiger partial charge on any atom is -0.319 e. The summed E-state index contributed by atoms with van der Waals surface area (Å²) in [5.41, 5.74) is 1.49. The largest absolute Gasteiger partial charge is 0.325 e. The molecule has 112 valence electrons. The highest BCUT2D eigenvalue weighted by Crippen LogP contribution is 2.41. The van der Waals surface area contributed by atoms with Crippen LogP contribution in [0.15, 0.2) is 24.3 Å². The van der Waals surface area contributed by atoms with E-state index in [1.165, 1.54) is 4.90 Å². The summed E-state index contributed by atoms with van der Waals surface area (Å²) < 4.78 is 4.13. The molecule has 1 aliphatic carbocycles. The van der Waals surface area contributed by atoms with Crippen molar-refractivity contribution in [2.75, 3.05) is 0 Å². The van der Waals surface area contributed by atoms with E-state index in [9.17, 15) is 9.59 Å². The molecule has 22 heavy (non-hydrogen) atoms. The number of carbonyl (C=O) groups excluding carboxylic acids is 2. The van der Waals surface area contributed by atoms with Crippen LogP contribution in [0.5, 0.6) is 0 Å². The molecule has 0 saturated carbocycles. The van der Waals surface area contributed by atoms with Crippen LogP contribution in [-0.2, 0) is 23.3 Å². The molecule has 4 rings (SSSR count). The van der Waals surface area contributed by atoms with E-state index in [1.807, 2.05) is 24.3 Å². The Morgan fingerprint density at radius 2 is 2.18 bits per heavy atom. The molecule has 1 atom stereocenters. The highest BCUT2D eigenvalue weighted by atomic mass is 35.5. The molecule has 2 heterocycles. The van der Waals surface area contributed by atoms with Crippen LogP contribution >= 0.6 is 23.1 Å². The van der Waals surface area contributed by atoms with Gasteiger partial charge in [0.05, 0.1) is 6.54 Å². The molecule has 1 aliphatic heterocycles. The van der Waals surface area contributed by atoms with E-state index in [0.29, 0.717) is 16.5 Å². The van der Waals surface area contributed by atoms with Gasteiger partial charge in [0.2, 0.25) is 0 Å². The maximum atomic E-state index is 12.9. The SMILES string of the molecule is O=C1NC2(CCc3ccccc32)C(=O)N1Cc1nnsc1Cl. The molecule has 8 heteroatoms. The summed E-state index contributed by atoms with van der Waals surface area (Å²) in [7, 11) is 0. The third-order valence-electron chi connectivity index (χ3n) is 4.24. The number of imide groups is 1. The number of urea groups is 1. The maximum absolute atomic E-state index is 12.9. The molecule has 1 N–H and O–H groups in total. The Bertz CT molecular complexity index is 793. The maximum Gasteiger partial charge on any atom is 0.325 e. The summed E-state index contributed by atoms with van der Waals surface area (Å²) in [6, 6.07) is 7.31. The average Bonchev–Trinajstić information content (AvgIpc) is 3.15. The van der Waals surface area contributed by atoms with Gasteiger partial charge in [0.1, 0.15) is 15.6 Å². The number of hydrogen-bond acceptors (Lipinski definition) is 5. The van der Waals surface area contributed by atoms with E-state index in [0.717, 1.165) is 29.1 Å². The minimum absolute atomic E-state index is 0.0456. The lowest BCUT2D eigenvalue weighted by Gasteiger charge is -2.22. The normalized spacial score (nSPS) is 23.2. The van der Waals surface area contributed by atoms with E-state index in [4.69, 9.17) is 11.6 Å². The van der Waals surface area contributed by atoms with Crippen molar-refractivity contribution < 1.29 is 9.59 Å². The third-order valence-corrected chi connectivity index (χ3v) is 5.22. The van der Waals surface area contributed by atoms with Gasteiger partial charge in [0, 0.05) is 11.5 Å². The predicted molar refractivity (Wildman–Crippen MR) is 80.4 cm³/mol. The Balaban J connectivity index is 1.70. The Morgan fingerprint density at radius 3 is 2.95 bits per heavy atom. The second kappa shape index (κ2) is 4.76. The second-order valence-corrected chi connectivity index (χ2v) is 6.73. The highest BCUT2D eigenvalue weighted by Gasteiger charge is 2.55. The van der Waals surface area contributed by atoms with Crippen molar-refractivity contribution in [1.29, 1.82) is 0 Å². The molecule has 2 aromatic rings. The summed E-state index contributed by atoms with van der Waals surface area (Å²) in [6.45, 7) is 0.0456. The van der Waals surface area contributed by atoms with Gasteiger partial charge in [0.15, 0.2) is 0 Å². The van der Waals surface area contributed by atoms with Crippen LogP contribution in [0.1, 0.15) is 23.2 Å². The van der Waals surface area contributed by atoms with Gasteiger partial charge in [-0.05, 0) is 24.0 Å². The summed E-state index contributed by atoms with van der Waals surface area (Å²) in [6.07, 6.45) is 1.35. The van der Waals surface area contributed by atoms with Crippen LogP contribution in [0.4, 0.5) is 4.79 Å². The molecule has 1 aromatic heterocycles. The molecule has 6 nitrogen and oxygen atoms in total. The first-order valence-electron chi connectivity index (χ1n) is 6.81.